The summed E-state index contributed by atoms with van der Waals surface area (Å²) in [6, 6.07) is -0.252. The Labute approximate surface area is 117 Å². The molecule has 1 fully saturated rings. The summed E-state index contributed by atoms with van der Waals surface area (Å²) in [5.41, 5.74) is 0.652. The van der Waals surface area contributed by atoms with E-state index in [2.05, 4.69) is 15.7 Å². The van der Waals surface area contributed by atoms with Crippen molar-refractivity contribution >= 4 is 17.7 Å². The highest BCUT2D eigenvalue weighted by Gasteiger charge is 2.25. The number of rotatable bonds is 4. The lowest BCUT2D eigenvalue weighted by Gasteiger charge is -2.26. The van der Waals surface area contributed by atoms with Crippen molar-refractivity contribution in [2.75, 3.05) is 11.9 Å². The van der Waals surface area contributed by atoms with Crippen LogP contribution in [0.5, 0.6) is 0 Å². The van der Waals surface area contributed by atoms with Crippen molar-refractivity contribution in [1.82, 2.24) is 15.1 Å². The zero-order valence-corrected chi connectivity index (χ0v) is 11.5. The van der Waals surface area contributed by atoms with Crippen LogP contribution in [-0.2, 0) is 11.8 Å². The summed E-state index contributed by atoms with van der Waals surface area (Å²) in [6.45, 7) is 0.582. The number of urea groups is 1. The third kappa shape index (κ3) is 3.97. The van der Waals surface area contributed by atoms with Gasteiger partial charge < -0.3 is 15.7 Å². The van der Waals surface area contributed by atoms with E-state index >= 15 is 0 Å². The molecule has 1 aliphatic carbocycles. The Kier molecular flexibility index (Phi) is 4.60. The Balaban J connectivity index is 1.68. The van der Waals surface area contributed by atoms with Crippen LogP contribution in [0.4, 0.5) is 10.5 Å². The number of aryl methyl sites for hydroxylation is 1. The fraction of sp³-hybridized carbons (Fsp3) is 0.615. The van der Waals surface area contributed by atoms with Gasteiger partial charge in [0.05, 0.1) is 17.8 Å². The van der Waals surface area contributed by atoms with E-state index in [1.807, 2.05) is 0 Å². The number of carboxylic acid groups (broad SMARTS) is 1. The molecular weight excluding hydrogens is 260 g/mol. The molecule has 0 saturated heterocycles. The van der Waals surface area contributed by atoms with E-state index in [0.29, 0.717) is 31.0 Å². The number of hydrogen-bond acceptors (Lipinski definition) is 3. The van der Waals surface area contributed by atoms with Crippen LogP contribution in [0.1, 0.15) is 25.7 Å². The molecule has 2 amide bonds. The summed E-state index contributed by atoms with van der Waals surface area (Å²) in [5.74, 6) is -0.550. The predicted octanol–water partition coefficient (Wildman–Crippen LogP) is 1.43. The topological polar surface area (TPSA) is 96.2 Å². The van der Waals surface area contributed by atoms with Gasteiger partial charge in [0.25, 0.3) is 0 Å². The zero-order valence-electron chi connectivity index (χ0n) is 11.5. The van der Waals surface area contributed by atoms with Crippen LogP contribution >= 0.6 is 0 Å². The average molecular weight is 280 g/mol. The van der Waals surface area contributed by atoms with Gasteiger partial charge in [-0.2, -0.15) is 5.10 Å². The summed E-state index contributed by atoms with van der Waals surface area (Å²) in [7, 11) is 1.78. The number of aliphatic carboxylic acids is 1. The van der Waals surface area contributed by atoms with Crippen molar-refractivity contribution in [2.45, 2.75) is 25.7 Å². The van der Waals surface area contributed by atoms with Gasteiger partial charge in [-0.15, -0.1) is 0 Å². The molecule has 0 spiro atoms. The second kappa shape index (κ2) is 6.40. The monoisotopic (exact) mass is 280 g/mol. The predicted molar refractivity (Wildman–Crippen MR) is 73.3 cm³/mol. The maximum atomic E-state index is 11.7. The maximum absolute atomic E-state index is 11.7. The Hall–Kier alpha value is -2.05. The minimum absolute atomic E-state index is 0.213. The first-order chi connectivity index (χ1) is 9.54. The zero-order chi connectivity index (χ0) is 14.5. The van der Waals surface area contributed by atoms with E-state index in [9.17, 15) is 9.59 Å². The van der Waals surface area contributed by atoms with Crippen molar-refractivity contribution in [3.63, 3.8) is 0 Å². The van der Waals surface area contributed by atoms with Crippen LogP contribution in [0.25, 0.3) is 0 Å². The molecule has 7 heteroatoms. The van der Waals surface area contributed by atoms with Crippen LogP contribution < -0.4 is 10.6 Å². The third-order valence-corrected chi connectivity index (χ3v) is 3.71. The second-order valence-corrected chi connectivity index (χ2v) is 5.29. The van der Waals surface area contributed by atoms with Gasteiger partial charge in [0.15, 0.2) is 0 Å². The summed E-state index contributed by atoms with van der Waals surface area (Å²) < 4.78 is 1.61. The van der Waals surface area contributed by atoms with Gasteiger partial charge in [0.1, 0.15) is 0 Å². The molecule has 2 rings (SSSR count). The average Bonchev–Trinajstić information content (AvgIpc) is 2.82. The molecule has 0 bridgehead atoms. The van der Waals surface area contributed by atoms with Crippen molar-refractivity contribution in [3.05, 3.63) is 12.4 Å². The molecule has 0 unspecified atom stereocenters. The Bertz CT molecular complexity index is 478. The number of aromatic nitrogens is 2. The number of carbonyl (C=O) groups is 2. The molecule has 20 heavy (non-hydrogen) atoms. The molecule has 7 nitrogen and oxygen atoms in total. The minimum Gasteiger partial charge on any atom is -0.481 e. The molecule has 0 aromatic carbocycles. The Morgan fingerprint density at radius 3 is 2.65 bits per heavy atom. The third-order valence-electron chi connectivity index (χ3n) is 3.71. The fourth-order valence-electron chi connectivity index (χ4n) is 2.51. The number of nitrogens with zero attached hydrogens (tertiary/aromatic N) is 2. The molecule has 0 atom stereocenters. The van der Waals surface area contributed by atoms with E-state index in [1.165, 1.54) is 0 Å². The van der Waals surface area contributed by atoms with E-state index in [4.69, 9.17) is 5.11 Å². The molecule has 1 heterocycles. The van der Waals surface area contributed by atoms with Gasteiger partial charge in [0.2, 0.25) is 0 Å². The number of carbonyl (C=O) groups excluding carboxylic acids is 1. The van der Waals surface area contributed by atoms with Crippen molar-refractivity contribution in [1.29, 1.82) is 0 Å². The van der Waals surface area contributed by atoms with Crippen molar-refractivity contribution in [2.24, 2.45) is 18.9 Å². The van der Waals surface area contributed by atoms with Gasteiger partial charge in [-0.25, -0.2) is 4.79 Å². The highest BCUT2D eigenvalue weighted by molar-refractivity contribution is 5.88. The molecule has 0 aliphatic heterocycles. The fourth-order valence-corrected chi connectivity index (χ4v) is 2.51. The van der Waals surface area contributed by atoms with Crippen LogP contribution in [0.15, 0.2) is 12.4 Å². The smallest absolute Gasteiger partial charge is 0.319 e. The molecule has 1 aliphatic rings. The minimum atomic E-state index is -0.703. The van der Waals surface area contributed by atoms with Gasteiger partial charge >= 0.3 is 12.0 Å². The van der Waals surface area contributed by atoms with Crippen LogP contribution in [0, 0.1) is 11.8 Å². The number of nitrogens with one attached hydrogen (secondary N) is 2. The molecular formula is C13H20N4O3. The largest absolute Gasteiger partial charge is 0.481 e. The summed E-state index contributed by atoms with van der Waals surface area (Å²) >= 11 is 0. The van der Waals surface area contributed by atoms with Gasteiger partial charge in [-0.3, -0.25) is 9.48 Å². The lowest BCUT2D eigenvalue weighted by molar-refractivity contribution is -0.143. The summed E-state index contributed by atoms with van der Waals surface area (Å²) in [4.78, 5) is 22.5. The first-order valence-electron chi connectivity index (χ1n) is 6.81. The number of amides is 2. The molecule has 110 valence electrons. The maximum Gasteiger partial charge on any atom is 0.319 e. The molecule has 1 aromatic heterocycles. The van der Waals surface area contributed by atoms with E-state index in [-0.39, 0.29) is 11.9 Å². The van der Waals surface area contributed by atoms with Gasteiger partial charge in [-0.1, -0.05) is 0 Å². The number of anilines is 1. The summed E-state index contributed by atoms with van der Waals surface area (Å²) in [6.07, 6.45) is 6.40. The van der Waals surface area contributed by atoms with Gasteiger partial charge in [-0.05, 0) is 31.6 Å². The summed E-state index contributed by atoms with van der Waals surface area (Å²) in [5, 5.41) is 18.4. The highest BCUT2D eigenvalue weighted by Crippen LogP contribution is 2.28. The Morgan fingerprint density at radius 1 is 1.40 bits per heavy atom. The molecule has 0 radical (unpaired) electrons. The lowest BCUT2D eigenvalue weighted by Crippen LogP contribution is -2.35. The number of carboxylic acids is 1. The standard InChI is InChI=1S/C13H20N4O3/c1-17-8-11(7-15-17)16-13(20)14-6-9-2-4-10(5-3-9)12(18)19/h7-10H,2-6H2,1H3,(H,18,19)(H2,14,16,20). The molecule has 3 N–H and O–H groups in total. The molecule has 1 saturated carbocycles. The van der Waals surface area contributed by atoms with E-state index in [0.717, 1.165) is 12.8 Å². The normalized spacial score (nSPS) is 22.2. The van der Waals surface area contributed by atoms with E-state index < -0.39 is 5.97 Å². The van der Waals surface area contributed by atoms with Gasteiger partial charge in [0, 0.05) is 19.8 Å². The molecule has 1 aromatic rings. The SMILES string of the molecule is Cn1cc(NC(=O)NCC2CCC(C(=O)O)CC2)cn1. The first kappa shape index (κ1) is 14.4. The first-order valence-corrected chi connectivity index (χ1v) is 6.81. The number of hydrogen-bond donors (Lipinski definition) is 3. The van der Waals surface area contributed by atoms with E-state index in [1.54, 1.807) is 24.1 Å². The lowest BCUT2D eigenvalue weighted by atomic mass is 9.82. The van der Waals surface area contributed by atoms with Crippen molar-refractivity contribution in [3.8, 4) is 0 Å². The second-order valence-electron chi connectivity index (χ2n) is 5.29. The van der Waals surface area contributed by atoms with Crippen LogP contribution in [-0.4, -0.2) is 33.4 Å². The Morgan fingerprint density at radius 2 is 2.10 bits per heavy atom. The van der Waals surface area contributed by atoms with Crippen LogP contribution in [0.2, 0.25) is 0 Å². The van der Waals surface area contributed by atoms with Crippen molar-refractivity contribution < 1.29 is 14.7 Å². The highest BCUT2D eigenvalue weighted by atomic mass is 16.4. The quantitative estimate of drug-likeness (QED) is 0.777. The van der Waals surface area contributed by atoms with Crippen LogP contribution in [0.3, 0.4) is 0 Å².